The van der Waals surface area contributed by atoms with Gasteiger partial charge in [0, 0.05) is 19.1 Å². The maximum absolute atomic E-state index is 5.95. The molecule has 1 aromatic rings. The number of furan rings is 1. The molecule has 0 amide bonds. The number of rotatable bonds is 4. The summed E-state index contributed by atoms with van der Waals surface area (Å²) in [5.74, 6) is 0.928. The molecule has 0 aromatic carbocycles. The molecule has 2 heterocycles. The molecule has 1 fully saturated rings. The fourth-order valence-electron chi connectivity index (χ4n) is 2.53. The first kappa shape index (κ1) is 14.1. The van der Waals surface area contributed by atoms with Gasteiger partial charge in [-0.25, -0.2) is 0 Å². The quantitative estimate of drug-likeness (QED) is 0.927. The average Bonchev–Trinajstić information content (AvgIpc) is 2.77. The SMILES string of the molecule is CCC1COC(C)CN1C(CN)c1ccc(Br)o1. The average molecular weight is 317 g/mol. The van der Waals surface area contributed by atoms with Crippen molar-refractivity contribution in [3.63, 3.8) is 0 Å². The van der Waals surface area contributed by atoms with Gasteiger partial charge in [-0.05, 0) is 41.4 Å². The number of nitrogens with two attached hydrogens (primary N) is 1. The van der Waals surface area contributed by atoms with Gasteiger partial charge in [-0.15, -0.1) is 0 Å². The van der Waals surface area contributed by atoms with Gasteiger partial charge >= 0.3 is 0 Å². The summed E-state index contributed by atoms with van der Waals surface area (Å²) in [6.07, 6.45) is 1.31. The lowest BCUT2D eigenvalue weighted by atomic mass is 10.1. The zero-order valence-corrected chi connectivity index (χ0v) is 12.5. The number of nitrogens with zero attached hydrogens (tertiary/aromatic N) is 1. The van der Waals surface area contributed by atoms with Crippen LogP contribution >= 0.6 is 15.9 Å². The highest BCUT2D eigenvalue weighted by molar-refractivity contribution is 9.10. The van der Waals surface area contributed by atoms with Crippen molar-refractivity contribution in [2.75, 3.05) is 19.7 Å². The molecule has 0 bridgehead atoms. The first-order valence-electron chi connectivity index (χ1n) is 6.48. The fourth-order valence-corrected chi connectivity index (χ4v) is 2.85. The number of halogens is 1. The Bertz CT molecular complexity index is 383. The lowest BCUT2D eigenvalue weighted by molar-refractivity contribution is -0.0747. The lowest BCUT2D eigenvalue weighted by Gasteiger charge is -2.42. The third-order valence-corrected chi connectivity index (χ3v) is 3.95. The highest BCUT2D eigenvalue weighted by atomic mass is 79.9. The highest BCUT2D eigenvalue weighted by Gasteiger charge is 2.32. The summed E-state index contributed by atoms with van der Waals surface area (Å²) < 4.78 is 12.2. The molecule has 1 saturated heterocycles. The Labute approximate surface area is 117 Å². The van der Waals surface area contributed by atoms with Crippen LogP contribution in [0.3, 0.4) is 0 Å². The van der Waals surface area contributed by atoms with Crippen molar-refractivity contribution in [2.24, 2.45) is 5.73 Å². The standard InChI is InChI=1S/C13H21BrN2O2/c1-3-10-8-17-9(2)7-16(10)11(6-15)12-4-5-13(14)18-12/h4-5,9-11H,3,6-8,15H2,1-2H3. The Morgan fingerprint density at radius 2 is 2.33 bits per heavy atom. The molecule has 2 N–H and O–H groups in total. The molecule has 0 spiro atoms. The zero-order chi connectivity index (χ0) is 13.1. The maximum atomic E-state index is 5.95. The molecule has 4 nitrogen and oxygen atoms in total. The number of hydrogen-bond donors (Lipinski definition) is 1. The molecule has 3 atom stereocenters. The molecule has 1 aliphatic rings. The number of ether oxygens (including phenoxy) is 1. The van der Waals surface area contributed by atoms with Crippen LogP contribution in [0.1, 0.15) is 32.1 Å². The van der Waals surface area contributed by atoms with Gasteiger partial charge in [0.25, 0.3) is 0 Å². The van der Waals surface area contributed by atoms with Crippen LogP contribution in [-0.2, 0) is 4.74 Å². The van der Waals surface area contributed by atoms with Crippen molar-refractivity contribution in [3.05, 3.63) is 22.6 Å². The van der Waals surface area contributed by atoms with Gasteiger partial charge in [-0.3, -0.25) is 4.90 Å². The summed E-state index contributed by atoms with van der Waals surface area (Å²) in [7, 11) is 0. The molecule has 1 aromatic heterocycles. The minimum atomic E-state index is 0.132. The van der Waals surface area contributed by atoms with E-state index in [4.69, 9.17) is 14.9 Å². The van der Waals surface area contributed by atoms with Crippen LogP contribution in [0, 0.1) is 0 Å². The van der Waals surface area contributed by atoms with E-state index < -0.39 is 0 Å². The predicted molar refractivity (Wildman–Crippen MR) is 74.4 cm³/mol. The molecule has 5 heteroatoms. The van der Waals surface area contributed by atoms with Crippen LogP contribution < -0.4 is 5.73 Å². The van der Waals surface area contributed by atoms with Gasteiger partial charge in [0.05, 0.1) is 18.8 Å². The molecule has 0 saturated carbocycles. The summed E-state index contributed by atoms with van der Waals surface area (Å²) in [5, 5.41) is 0. The lowest BCUT2D eigenvalue weighted by Crippen LogP contribution is -2.51. The summed E-state index contributed by atoms with van der Waals surface area (Å²) in [4.78, 5) is 2.42. The smallest absolute Gasteiger partial charge is 0.169 e. The largest absolute Gasteiger partial charge is 0.453 e. The van der Waals surface area contributed by atoms with Crippen LogP contribution in [0.15, 0.2) is 21.2 Å². The molecule has 0 radical (unpaired) electrons. The van der Waals surface area contributed by atoms with E-state index >= 15 is 0 Å². The zero-order valence-electron chi connectivity index (χ0n) is 10.9. The molecular formula is C13H21BrN2O2. The monoisotopic (exact) mass is 316 g/mol. The van der Waals surface area contributed by atoms with Crippen LogP contribution in [0.25, 0.3) is 0 Å². The van der Waals surface area contributed by atoms with E-state index in [1.807, 2.05) is 12.1 Å². The third kappa shape index (κ3) is 2.96. The molecular weight excluding hydrogens is 296 g/mol. The van der Waals surface area contributed by atoms with Crippen LogP contribution in [0.2, 0.25) is 0 Å². The number of morpholine rings is 1. The van der Waals surface area contributed by atoms with Crippen LogP contribution in [0.5, 0.6) is 0 Å². The van der Waals surface area contributed by atoms with Gasteiger partial charge in [0.1, 0.15) is 5.76 Å². The summed E-state index contributed by atoms with van der Waals surface area (Å²) in [6, 6.07) is 4.46. The van der Waals surface area contributed by atoms with Crippen molar-refractivity contribution in [1.29, 1.82) is 0 Å². The Hall–Kier alpha value is -0.360. The van der Waals surface area contributed by atoms with Crippen molar-refractivity contribution in [2.45, 2.75) is 38.5 Å². The van der Waals surface area contributed by atoms with Gasteiger partial charge in [0.15, 0.2) is 4.67 Å². The Kier molecular flexibility index (Phi) is 4.84. The van der Waals surface area contributed by atoms with E-state index in [-0.39, 0.29) is 12.1 Å². The van der Waals surface area contributed by atoms with Gasteiger partial charge in [-0.2, -0.15) is 0 Å². The van der Waals surface area contributed by atoms with Crippen molar-refractivity contribution in [1.82, 2.24) is 4.90 Å². The van der Waals surface area contributed by atoms with E-state index in [9.17, 15) is 0 Å². The second-order valence-corrected chi connectivity index (χ2v) is 5.58. The summed E-state index contributed by atoms with van der Waals surface area (Å²) >= 11 is 3.35. The van der Waals surface area contributed by atoms with E-state index in [0.29, 0.717) is 12.6 Å². The minimum absolute atomic E-state index is 0.132. The van der Waals surface area contributed by atoms with Gasteiger partial charge in [-0.1, -0.05) is 6.92 Å². The Morgan fingerprint density at radius 1 is 1.56 bits per heavy atom. The molecule has 102 valence electrons. The van der Waals surface area contributed by atoms with Gasteiger partial charge in [0.2, 0.25) is 0 Å². The maximum Gasteiger partial charge on any atom is 0.169 e. The summed E-state index contributed by atoms with van der Waals surface area (Å²) in [6.45, 7) is 6.52. The molecule has 2 rings (SSSR count). The first-order chi connectivity index (χ1) is 8.65. The second kappa shape index (κ2) is 6.19. The third-order valence-electron chi connectivity index (χ3n) is 3.53. The van der Waals surface area contributed by atoms with Crippen molar-refractivity contribution >= 4 is 15.9 Å². The fraction of sp³-hybridized carbons (Fsp3) is 0.692. The highest BCUT2D eigenvalue weighted by Crippen LogP contribution is 2.29. The predicted octanol–water partition coefficient (Wildman–Crippen LogP) is 2.54. The van der Waals surface area contributed by atoms with E-state index in [2.05, 4.69) is 34.7 Å². The van der Waals surface area contributed by atoms with E-state index in [1.165, 1.54) is 0 Å². The van der Waals surface area contributed by atoms with E-state index in [0.717, 1.165) is 30.0 Å². The minimum Gasteiger partial charge on any atom is -0.453 e. The normalized spacial score (nSPS) is 27.3. The first-order valence-corrected chi connectivity index (χ1v) is 7.27. The van der Waals surface area contributed by atoms with Crippen molar-refractivity contribution in [3.8, 4) is 0 Å². The molecule has 0 aliphatic carbocycles. The Balaban J connectivity index is 2.19. The van der Waals surface area contributed by atoms with Crippen molar-refractivity contribution < 1.29 is 9.15 Å². The Morgan fingerprint density at radius 3 is 2.89 bits per heavy atom. The second-order valence-electron chi connectivity index (χ2n) is 4.80. The topological polar surface area (TPSA) is 51.6 Å². The summed E-state index contributed by atoms with van der Waals surface area (Å²) in [5.41, 5.74) is 5.95. The van der Waals surface area contributed by atoms with Crippen LogP contribution in [-0.4, -0.2) is 36.7 Å². The van der Waals surface area contributed by atoms with Crippen LogP contribution in [0.4, 0.5) is 0 Å². The molecule has 3 unspecified atom stereocenters. The molecule has 18 heavy (non-hydrogen) atoms. The van der Waals surface area contributed by atoms with Gasteiger partial charge < -0.3 is 14.9 Å². The number of hydrogen-bond acceptors (Lipinski definition) is 4. The van der Waals surface area contributed by atoms with E-state index in [1.54, 1.807) is 0 Å². The molecule has 1 aliphatic heterocycles.